The SMILES string of the molecule is CSc1cccc(Nc2cccc(C(N)=O)c2)n1. The van der Waals surface area contributed by atoms with E-state index in [-0.39, 0.29) is 0 Å². The Kier molecular flexibility index (Phi) is 3.84. The number of primary amides is 1. The van der Waals surface area contributed by atoms with Gasteiger partial charge in [0.05, 0.1) is 5.03 Å². The van der Waals surface area contributed by atoms with Gasteiger partial charge in [-0.2, -0.15) is 0 Å². The molecule has 0 bridgehead atoms. The van der Waals surface area contributed by atoms with Gasteiger partial charge >= 0.3 is 0 Å². The molecule has 0 radical (unpaired) electrons. The molecule has 92 valence electrons. The highest BCUT2D eigenvalue weighted by atomic mass is 32.2. The van der Waals surface area contributed by atoms with Gasteiger partial charge in [-0.25, -0.2) is 4.98 Å². The number of pyridine rings is 1. The summed E-state index contributed by atoms with van der Waals surface area (Å²) in [5.41, 5.74) is 6.50. The molecule has 2 aromatic rings. The van der Waals surface area contributed by atoms with Gasteiger partial charge in [0.15, 0.2) is 0 Å². The molecule has 3 N–H and O–H groups in total. The zero-order valence-corrected chi connectivity index (χ0v) is 10.7. The fourth-order valence-corrected chi connectivity index (χ4v) is 1.90. The van der Waals surface area contributed by atoms with Gasteiger partial charge in [0.1, 0.15) is 5.82 Å². The number of hydrogen-bond donors (Lipinski definition) is 2. The molecule has 0 atom stereocenters. The molecule has 4 nitrogen and oxygen atoms in total. The second-order valence-electron chi connectivity index (χ2n) is 3.64. The van der Waals surface area contributed by atoms with Crippen LogP contribution in [0.5, 0.6) is 0 Å². The van der Waals surface area contributed by atoms with Gasteiger partial charge in [-0.15, -0.1) is 11.8 Å². The van der Waals surface area contributed by atoms with Crippen LogP contribution in [0.2, 0.25) is 0 Å². The Balaban J connectivity index is 2.22. The molecule has 0 spiro atoms. The van der Waals surface area contributed by atoms with E-state index in [9.17, 15) is 4.79 Å². The Morgan fingerprint density at radius 2 is 2.06 bits per heavy atom. The molecule has 5 heteroatoms. The first-order chi connectivity index (χ1) is 8.69. The van der Waals surface area contributed by atoms with Gasteiger partial charge in [-0.05, 0) is 36.6 Å². The minimum atomic E-state index is -0.440. The van der Waals surface area contributed by atoms with Gasteiger partial charge in [-0.1, -0.05) is 12.1 Å². The third-order valence-corrected chi connectivity index (χ3v) is 3.00. The number of hydrogen-bond acceptors (Lipinski definition) is 4. The van der Waals surface area contributed by atoms with Crippen LogP contribution in [0.4, 0.5) is 11.5 Å². The Morgan fingerprint density at radius 3 is 2.78 bits per heavy atom. The number of benzene rings is 1. The van der Waals surface area contributed by atoms with Crippen molar-refractivity contribution in [1.82, 2.24) is 4.98 Å². The fourth-order valence-electron chi connectivity index (χ4n) is 1.50. The maximum absolute atomic E-state index is 11.1. The van der Waals surface area contributed by atoms with E-state index < -0.39 is 5.91 Å². The van der Waals surface area contributed by atoms with E-state index in [1.54, 1.807) is 30.0 Å². The first kappa shape index (κ1) is 12.4. The summed E-state index contributed by atoms with van der Waals surface area (Å²) in [6.45, 7) is 0. The zero-order valence-electron chi connectivity index (χ0n) is 9.88. The number of anilines is 2. The zero-order chi connectivity index (χ0) is 13.0. The monoisotopic (exact) mass is 259 g/mol. The number of amides is 1. The molecular formula is C13H13N3OS. The van der Waals surface area contributed by atoms with Crippen LogP contribution < -0.4 is 11.1 Å². The molecule has 18 heavy (non-hydrogen) atoms. The molecule has 0 aliphatic rings. The van der Waals surface area contributed by atoms with E-state index in [1.807, 2.05) is 30.5 Å². The standard InChI is InChI=1S/C13H13N3OS/c1-18-12-7-3-6-11(16-12)15-10-5-2-4-9(8-10)13(14)17/h2-8H,1H3,(H2,14,17)(H,15,16). The summed E-state index contributed by atoms with van der Waals surface area (Å²) in [6, 6.07) is 12.8. The summed E-state index contributed by atoms with van der Waals surface area (Å²) in [6.07, 6.45) is 1.97. The Labute approximate surface area is 110 Å². The van der Waals surface area contributed by atoms with Crippen molar-refractivity contribution in [3.05, 3.63) is 48.0 Å². The van der Waals surface area contributed by atoms with Crippen molar-refractivity contribution in [3.63, 3.8) is 0 Å². The number of thioether (sulfide) groups is 1. The summed E-state index contributed by atoms with van der Waals surface area (Å²) in [5, 5.41) is 4.08. The smallest absolute Gasteiger partial charge is 0.248 e. The molecule has 1 aromatic carbocycles. The number of nitrogens with one attached hydrogen (secondary N) is 1. The Bertz CT molecular complexity index is 572. The van der Waals surface area contributed by atoms with Crippen LogP contribution in [0.15, 0.2) is 47.5 Å². The molecule has 0 aliphatic heterocycles. The highest BCUT2D eigenvalue weighted by Gasteiger charge is 2.02. The van der Waals surface area contributed by atoms with Crippen molar-refractivity contribution in [2.24, 2.45) is 5.73 Å². The lowest BCUT2D eigenvalue weighted by atomic mass is 10.2. The topological polar surface area (TPSA) is 68.0 Å². The third kappa shape index (κ3) is 3.01. The maximum Gasteiger partial charge on any atom is 0.248 e. The Morgan fingerprint density at radius 1 is 1.28 bits per heavy atom. The Hall–Kier alpha value is -2.01. The molecule has 1 amide bonds. The number of rotatable bonds is 4. The number of carbonyl (C=O) groups excluding carboxylic acids is 1. The summed E-state index contributed by atoms with van der Waals surface area (Å²) in [5.74, 6) is 0.299. The molecule has 1 heterocycles. The summed E-state index contributed by atoms with van der Waals surface area (Å²) in [7, 11) is 0. The van der Waals surface area contributed by atoms with Gasteiger partial charge in [0.2, 0.25) is 5.91 Å². The number of nitrogens with zero attached hydrogens (tertiary/aromatic N) is 1. The van der Waals surface area contributed by atoms with Crippen molar-refractivity contribution in [2.45, 2.75) is 5.03 Å². The molecule has 0 unspecified atom stereocenters. The van der Waals surface area contributed by atoms with Crippen LogP contribution in [0.1, 0.15) is 10.4 Å². The summed E-state index contributed by atoms with van der Waals surface area (Å²) >= 11 is 1.58. The lowest BCUT2D eigenvalue weighted by Crippen LogP contribution is -2.10. The number of nitrogens with two attached hydrogens (primary N) is 1. The van der Waals surface area contributed by atoms with Gasteiger partial charge in [0.25, 0.3) is 0 Å². The summed E-state index contributed by atoms with van der Waals surface area (Å²) < 4.78 is 0. The average Bonchev–Trinajstić information content (AvgIpc) is 2.39. The predicted octanol–water partition coefficient (Wildman–Crippen LogP) is 2.65. The van der Waals surface area contributed by atoms with Gasteiger partial charge < -0.3 is 11.1 Å². The van der Waals surface area contributed by atoms with E-state index >= 15 is 0 Å². The number of carbonyl (C=O) groups is 1. The van der Waals surface area contributed by atoms with E-state index in [1.165, 1.54) is 0 Å². The van der Waals surface area contributed by atoms with Crippen LogP contribution in [-0.2, 0) is 0 Å². The normalized spacial score (nSPS) is 10.1. The largest absolute Gasteiger partial charge is 0.366 e. The fraction of sp³-hybridized carbons (Fsp3) is 0.0769. The van der Waals surface area contributed by atoms with Crippen molar-refractivity contribution in [1.29, 1.82) is 0 Å². The van der Waals surface area contributed by atoms with Crippen LogP contribution in [0.3, 0.4) is 0 Å². The lowest BCUT2D eigenvalue weighted by Gasteiger charge is -2.07. The van der Waals surface area contributed by atoms with Crippen molar-refractivity contribution >= 4 is 29.2 Å². The van der Waals surface area contributed by atoms with Crippen LogP contribution >= 0.6 is 11.8 Å². The van der Waals surface area contributed by atoms with Crippen LogP contribution in [-0.4, -0.2) is 17.1 Å². The van der Waals surface area contributed by atoms with Crippen molar-refractivity contribution in [2.75, 3.05) is 11.6 Å². The first-order valence-corrected chi connectivity index (χ1v) is 6.59. The molecule has 0 fully saturated rings. The van der Waals surface area contributed by atoms with E-state index in [2.05, 4.69) is 10.3 Å². The third-order valence-electron chi connectivity index (χ3n) is 2.35. The van der Waals surface area contributed by atoms with Crippen LogP contribution in [0.25, 0.3) is 0 Å². The second kappa shape index (κ2) is 5.55. The van der Waals surface area contributed by atoms with Gasteiger partial charge in [-0.3, -0.25) is 4.79 Å². The molecule has 0 saturated heterocycles. The van der Waals surface area contributed by atoms with E-state index in [0.29, 0.717) is 5.56 Å². The number of aromatic nitrogens is 1. The predicted molar refractivity (Wildman–Crippen MR) is 74.3 cm³/mol. The minimum Gasteiger partial charge on any atom is -0.366 e. The molecule has 1 aromatic heterocycles. The molecule has 0 aliphatic carbocycles. The highest BCUT2D eigenvalue weighted by molar-refractivity contribution is 7.98. The quantitative estimate of drug-likeness (QED) is 0.828. The minimum absolute atomic E-state index is 0.440. The maximum atomic E-state index is 11.1. The van der Waals surface area contributed by atoms with Crippen molar-refractivity contribution in [3.8, 4) is 0 Å². The van der Waals surface area contributed by atoms with Crippen molar-refractivity contribution < 1.29 is 4.79 Å². The molecule has 0 saturated carbocycles. The highest BCUT2D eigenvalue weighted by Crippen LogP contribution is 2.19. The first-order valence-electron chi connectivity index (χ1n) is 5.37. The second-order valence-corrected chi connectivity index (χ2v) is 4.46. The molecular weight excluding hydrogens is 246 g/mol. The average molecular weight is 259 g/mol. The van der Waals surface area contributed by atoms with E-state index in [4.69, 9.17) is 5.73 Å². The van der Waals surface area contributed by atoms with E-state index in [0.717, 1.165) is 16.5 Å². The summed E-state index contributed by atoms with van der Waals surface area (Å²) in [4.78, 5) is 15.5. The molecule has 2 rings (SSSR count). The lowest BCUT2D eigenvalue weighted by molar-refractivity contribution is 0.100. The van der Waals surface area contributed by atoms with Crippen LogP contribution in [0, 0.1) is 0 Å². The van der Waals surface area contributed by atoms with Gasteiger partial charge in [0, 0.05) is 11.3 Å².